The maximum Gasteiger partial charge on any atom is 0.307 e. The van der Waals surface area contributed by atoms with Gasteiger partial charge in [0, 0.05) is 25.2 Å². The van der Waals surface area contributed by atoms with E-state index in [0.29, 0.717) is 19.5 Å². The summed E-state index contributed by atoms with van der Waals surface area (Å²) in [6, 6.07) is 7.54. The number of methoxy groups -OCH3 is 1. The van der Waals surface area contributed by atoms with Gasteiger partial charge in [-0.05, 0) is 12.5 Å². The highest BCUT2D eigenvalue weighted by Gasteiger charge is 2.51. The summed E-state index contributed by atoms with van der Waals surface area (Å²) in [4.78, 5) is 25.5. The Labute approximate surface area is 129 Å². The molecule has 1 aliphatic carbocycles. The van der Waals surface area contributed by atoms with Crippen LogP contribution in [0.1, 0.15) is 18.0 Å². The van der Waals surface area contributed by atoms with E-state index < -0.39 is 11.9 Å². The average molecular weight is 304 g/mol. The first-order chi connectivity index (χ1) is 10.6. The molecule has 3 atom stereocenters. The van der Waals surface area contributed by atoms with Gasteiger partial charge in [0.2, 0.25) is 5.91 Å². The number of carbonyl (C=O) groups is 2. The number of amides is 1. The van der Waals surface area contributed by atoms with Crippen molar-refractivity contribution in [1.29, 1.82) is 0 Å². The summed E-state index contributed by atoms with van der Waals surface area (Å²) in [6.45, 7) is 1.96. The Morgan fingerprint density at radius 1 is 1.32 bits per heavy atom. The molecule has 118 valence electrons. The van der Waals surface area contributed by atoms with E-state index in [1.807, 2.05) is 29.2 Å². The average Bonchev–Trinajstić information content (AvgIpc) is 3.35. The first-order valence-electron chi connectivity index (χ1n) is 7.50. The van der Waals surface area contributed by atoms with Gasteiger partial charge in [-0.1, -0.05) is 18.2 Å². The van der Waals surface area contributed by atoms with Gasteiger partial charge in [0.25, 0.3) is 0 Å². The molecular formula is C16H20N2O4. The lowest BCUT2D eigenvalue weighted by Gasteiger charge is -2.37. The molecule has 1 unspecified atom stereocenters. The van der Waals surface area contributed by atoms with Crippen molar-refractivity contribution in [1.82, 2.24) is 10.2 Å². The Balaban J connectivity index is 1.83. The van der Waals surface area contributed by atoms with E-state index >= 15 is 0 Å². The van der Waals surface area contributed by atoms with Crippen LogP contribution in [0.25, 0.3) is 0 Å². The van der Waals surface area contributed by atoms with Crippen LogP contribution in [0.2, 0.25) is 0 Å². The molecule has 2 aliphatic rings. The normalized spacial score (nSPS) is 27.3. The second-order valence-electron chi connectivity index (χ2n) is 5.78. The number of carboxylic acid groups (broad SMARTS) is 1. The third-order valence-corrected chi connectivity index (χ3v) is 4.45. The standard InChI is InChI=1S/C16H20N2O4/c1-22-14-5-3-2-4-10(14)13-9-17-6-7-18(13)15(19)11-8-12(11)16(20)21/h2-5,11-13,17H,6-9H2,1H3,(H,20,21)/t11-,12-,13?/m1/s1. The van der Waals surface area contributed by atoms with E-state index in [1.54, 1.807) is 7.11 Å². The molecule has 2 N–H and O–H groups in total. The number of nitrogens with one attached hydrogen (secondary N) is 1. The predicted molar refractivity (Wildman–Crippen MR) is 79.6 cm³/mol. The molecule has 0 radical (unpaired) electrons. The number of aliphatic carboxylic acids is 1. The smallest absolute Gasteiger partial charge is 0.307 e. The Kier molecular flexibility index (Phi) is 4.02. The van der Waals surface area contributed by atoms with Crippen LogP contribution in [0.5, 0.6) is 5.75 Å². The lowest BCUT2D eigenvalue weighted by molar-refractivity contribution is -0.143. The van der Waals surface area contributed by atoms with Gasteiger partial charge < -0.3 is 20.1 Å². The van der Waals surface area contributed by atoms with Gasteiger partial charge >= 0.3 is 5.97 Å². The molecule has 1 aromatic carbocycles. The topological polar surface area (TPSA) is 78.9 Å². The van der Waals surface area contributed by atoms with Crippen molar-refractivity contribution in [2.45, 2.75) is 12.5 Å². The molecule has 0 spiro atoms. The first kappa shape index (κ1) is 14.8. The van der Waals surface area contributed by atoms with E-state index in [2.05, 4.69) is 5.32 Å². The van der Waals surface area contributed by atoms with Crippen LogP contribution in [-0.4, -0.2) is 48.6 Å². The molecule has 1 aliphatic heterocycles. The zero-order valence-electron chi connectivity index (χ0n) is 12.5. The van der Waals surface area contributed by atoms with Crippen molar-refractivity contribution in [3.05, 3.63) is 29.8 Å². The maximum atomic E-state index is 12.7. The van der Waals surface area contributed by atoms with E-state index in [4.69, 9.17) is 9.84 Å². The van der Waals surface area contributed by atoms with E-state index in [1.165, 1.54) is 0 Å². The van der Waals surface area contributed by atoms with Gasteiger partial charge in [0.1, 0.15) is 5.75 Å². The van der Waals surface area contributed by atoms with Gasteiger partial charge in [-0.15, -0.1) is 0 Å². The lowest BCUT2D eigenvalue weighted by Crippen LogP contribution is -2.49. The number of carboxylic acids is 1. The third kappa shape index (κ3) is 2.66. The van der Waals surface area contributed by atoms with Crippen molar-refractivity contribution in [3.8, 4) is 5.75 Å². The minimum Gasteiger partial charge on any atom is -0.496 e. The molecule has 0 bridgehead atoms. The second kappa shape index (κ2) is 5.96. The van der Waals surface area contributed by atoms with Gasteiger partial charge in [-0.3, -0.25) is 9.59 Å². The molecule has 22 heavy (non-hydrogen) atoms. The summed E-state index contributed by atoms with van der Waals surface area (Å²) < 4.78 is 5.40. The van der Waals surface area contributed by atoms with Crippen molar-refractivity contribution in [2.75, 3.05) is 26.7 Å². The zero-order valence-corrected chi connectivity index (χ0v) is 12.5. The minimum atomic E-state index is -0.873. The monoisotopic (exact) mass is 304 g/mol. The number of para-hydroxylation sites is 1. The van der Waals surface area contributed by atoms with Crippen LogP contribution in [0.4, 0.5) is 0 Å². The van der Waals surface area contributed by atoms with Gasteiger partial charge in [0.05, 0.1) is 25.0 Å². The SMILES string of the molecule is COc1ccccc1C1CNCCN1C(=O)[C@@H]1C[C@H]1C(=O)O. The molecule has 1 saturated heterocycles. The Bertz CT molecular complexity index is 589. The summed E-state index contributed by atoms with van der Waals surface area (Å²) in [5, 5.41) is 12.3. The number of hydrogen-bond donors (Lipinski definition) is 2. The number of carbonyl (C=O) groups excluding carboxylic acids is 1. The Morgan fingerprint density at radius 2 is 2.09 bits per heavy atom. The van der Waals surface area contributed by atoms with E-state index in [0.717, 1.165) is 17.9 Å². The summed E-state index contributed by atoms with van der Waals surface area (Å²) >= 11 is 0. The van der Waals surface area contributed by atoms with Crippen LogP contribution in [0.3, 0.4) is 0 Å². The maximum absolute atomic E-state index is 12.7. The summed E-state index contributed by atoms with van der Waals surface area (Å²) in [5.41, 5.74) is 0.957. The van der Waals surface area contributed by atoms with Crippen molar-refractivity contribution in [2.24, 2.45) is 11.8 Å². The fraction of sp³-hybridized carbons (Fsp3) is 0.500. The molecule has 6 nitrogen and oxygen atoms in total. The van der Waals surface area contributed by atoms with E-state index in [-0.39, 0.29) is 17.9 Å². The van der Waals surface area contributed by atoms with Crippen LogP contribution in [0.15, 0.2) is 24.3 Å². The number of piperazine rings is 1. The van der Waals surface area contributed by atoms with Crippen molar-refractivity contribution >= 4 is 11.9 Å². The van der Waals surface area contributed by atoms with Gasteiger partial charge in [0.15, 0.2) is 0 Å². The number of rotatable bonds is 4. The predicted octanol–water partition coefficient (Wildman–Crippen LogP) is 0.889. The quantitative estimate of drug-likeness (QED) is 0.863. The number of ether oxygens (including phenoxy) is 1. The molecule has 1 saturated carbocycles. The van der Waals surface area contributed by atoms with Gasteiger partial charge in [-0.25, -0.2) is 0 Å². The second-order valence-corrected chi connectivity index (χ2v) is 5.78. The number of benzene rings is 1. The van der Waals surface area contributed by atoms with Crippen LogP contribution >= 0.6 is 0 Å². The van der Waals surface area contributed by atoms with Crippen LogP contribution < -0.4 is 10.1 Å². The van der Waals surface area contributed by atoms with Crippen molar-refractivity contribution in [3.63, 3.8) is 0 Å². The highest BCUT2D eigenvalue weighted by Crippen LogP contribution is 2.42. The molecule has 1 aromatic rings. The molecule has 2 fully saturated rings. The molecule has 0 aromatic heterocycles. The zero-order chi connectivity index (χ0) is 15.7. The molecule has 3 rings (SSSR count). The Morgan fingerprint density at radius 3 is 2.77 bits per heavy atom. The largest absolute Gasteiger partial charge is 0.496 e. The highest BCUT2D eigenvalue weighted by atomic mass is 16.5. The first-order valence-corrected chi connectivity index (χ1v) is 7.50. The summed E-state index contributed by atoms with van der Waals surface area (Å²) in [6.07, 6.45) is 0.455. The van der Waals surface area contributed by atoms with Gasteiger partial charge in [-0.2, -0.15) is 0 Å². The summed E-state index contributed by atoms with van der Waals surface area (Å²) in [7, 11) is 1.61. The minimum absolute atomic E-state index is 0.0511. The number of nitrogens with zero attached hydrogens (tertiary/aromatic N) is 1. The fourth-order valence-electron chi connectivity index (χ4n) is 3.14. The number of hydrogen-bond acceptors (Lipinski definition) is 4. The lowest BCUT2D eigenvalue weighted by atomic mass is 10.0. The molecule has 1 amide bonds. The molecule has 1 heterocycles. The van der Waals surface area contributed by atoms with E-state index in [9.17, 15) is 9.59 Å². The molecule has 6 heteroatoms. The Hall–Kier alpha value is -2.08. The summed E-state index contributed by atoms with van der Waals surface area (Å²) in [5.74, 6) is -1.06. The fourth-order valence-corrected chi connectivity index (χ4v) is 3.14. The van der Waals surface area contributed by atoms with Crippen LogP contribution in [0, 0.1) is 11.8 Å². The molecular weight excluding hydrogens is 284 g/mol. The van der Waals surface area contributed by atoms with Crippen LogP contribution in [-0.2, 0) is 9.59 Å². The third-order valence-electron chi connectivity index (χ3n) is 4.45. The highest BCUT2D eigenvalue weighted by molar-refractivity contribution is 5.89. The van der Waals surface area contributed by atoms with Crippen molar-refractivity contribution < 1.29 is 19.4 Å².